The highest BCUT2D eigenvalue weighted by atomic mass is 35.5. The second kappa shape index (κ2) is 5.92. The van der Waals surface area contributed by atoms with E-state index >= 15 is 0 Å². The first kappa shape index (κ1) is 16.0. The summed E-state index contributed by atoms with van der Waals surface area (Å²) in [5.74, 6) is 0.0124. The van der Waals surface area contributed by atoms with Crippen LogP contribution in [0.25, 0.3) is 0 Å². The van der Waals surface area contributed by atoms with Gasteiger partial charge in [-0.25, -0.2) is 9.97 Å². The zero-order valence-corrected chi connectivity index (χ0v) is 11.3. The van der Waals surface area contributed by atoms with Gasteiger partial charge >= 0.3 is 6.18 Å². The Morgan fingerprint density at radius 2 is 1.95 bits per heavy atom. The van der Waals surface area contributed by atoms with Crippen molar-refractivity contribution in [2.24, 2.45) is 5.41 Å². The fraction of sp³-hybridized carbons (Fsp3) is 0.636. The molecule has 19 heavy (non-hydrogen) atoms. The second-order valence-electron chi connectivity index (χ2n) is 4.90. The van der Waals surface area contributed by atoms with Crippen molar-refractivity contribution in [1.29, 1.82) is 0 Å². The standard InChI is InChI=1S/C11H15ClF3N3O/c1-10(2,3-4-19)6-16-8-5-7(11(13,14)15)17-9(12)18-8/h5,19H,3-4,6H2,1-2H3,(H,16,17,18). The van der Waals surface area contributed by atoms with Crippen molar-refractivity contribution < 1.29 is 18.3 Å². The minimum absolute atomic E-state index is 0.00696. The molecule has 0 amide bonds. The molecule has 0 spiro atoms. The van der Waals surface area contributed by atoms with Gasteiger partial charge in [-0.3, -0.25) is 0 Å². The van der Waals surface area contributed by atoms with Gasteiger partial charge < -0.3 is 10.4 Å². The molecule has 1 aromatic heterocycles. The highest BCUT2D eigenvalue weighted by molar-refractivity contribution is 6.28. The van der Waals surface area contributed by atoms with E-state index in [1.54, 1.807) is 0 Å². The van der Waals surface area contributed by atoms with Crippen molar-refractivity contribution in [3.8, 4) is 0 Å². The number of aliphatic hydroxyl groups is 1. The van der Waals surface area contributed by atoms with Gasteiger partial charge in [0, 0.05) is 19.2 Å². The molecule has 0 fully saturated rings. The predicted octanol–water partition coefficient (Wildman–Crippen LogP) is 2.97. The minimum Gasteiger partial charge on any atom is -0.396 e. The van der Waals surface area contributed by atoms with Crippen molar-refractivity contribution in [1.82, 2.24) is 9.97 Å². The fourth-order valence-corrected chi connectivity index (χ4v) is 1.56. The summed E-state index contributed by atoms with van der Waals surface area (Å²) in [5, 5.41) is 11.2. The van der Waals surface area contributed by atoms with Crippen LogP contribution in [0.15, 0.2) is 6.07 Å². The maximum absolute atomic E-state index is 12.5. The van der Waals surface area contributed by atoms with Crippen LogP contribution in [0, 0.1) is 5.41 Å². The van der Waals surface area contributed by atoms with Crippen LogP contribution < -0.4 is 5.32 Å². The summed E-state index contributed by atoms with van der Waals surface area (Å²) in [4.78, 5) is 6.83. The first-order chi connectivity index (χ1) is 8.64. The van der Waals surface area contributed by atoms with E-state index in [4.69, 9.17) is 16.7 Å². The highest BCUT2D eigenvalue weighted by Gasteiger charge is 2.33. The molecule has 0 bridgehead atoms. The summed E-state index contributed by atoms with van der Waals surface area (Å²) < 4.78 is 37.6. The van der Waals surface area contributed by atoms with E-state index in [0.717, 1.165) is 6.07 Å². The van der Waals surface area contributed by atoms with Crippen LogP contribution in [0.4, 0.5) is 19.0 Å². The third-order valence-electron chi connectivity index (χ3n) is 2.53. The Kier molecular flexibility index (Phi) is 4.98. The lowest BCUT2D eigenvalue weighted by Gasteiger charge is -2.24. The molecule has 0 atom stereocenters. The van der Waals surface area contributed by atoms with Gasteiger partial charge in [0.15, 0.2) is 5.69 Å². The Morgan fingerprint density at radius 3 is 2.47 bits per heavy atom. The molecule has 0 aliphatic rings. The largest absolute Gasteiger partial charge is 0.433 e. The normalized spacial score (nSPS) is 12.6. The van der Waals surface area contributed by atoms with Gasteiger partial charge in [-0.15, -0.1) is 0 Å². The smallest absolute Gasteiger partial charge is 0.396 e. The number of aromatic nitrogens is 2. The van der Waals surface area contributed by atoms with Crippen molar-refractivity contribution in [3.05, 3.63) is 17.0 Å². The topological polar surface area (TPSA) is 58.0 Å². The molecule has 0 unspecified atom stereocenters. The second-order valence-corrected chi connectivity index (χ2v) is 5.23. The number of nitrogens with zero attached hydrogens (tertiary/aromatic N) is 2. The summed E-state index contributed by atoms with van der Waals surface area (Å²) in [5.41, 5.74) is -1.36. The van der Waals surface area contributed by atoms with Crippen LogP contribution in [-0.4, -0.2) is 28.2 Å². The summed E-state index contributed by atoms with van der Waals surface area (Å²) in [6.45, 7) is 4.12. The molecule has 4 nitrogen and oxygen atoms in total. The Bertz CT molecular complexity index is 438. The molecule has 0 aliphatic heterocycles. The monoisotopic (exact) mass is 297 g/mol. The molecule has 0 aliphatic carbocycles. The number of hydrogen-bond donors (Lipinski definition) is 2. The van der Waals surface area contributed by atoms with E-state index in [9.17, 15) is 13.2 Å². The molecule has 0 saturated carbocycles. The molecule has 1 rings (SSSR count). The number of halogens is 4. The molecule has 8 heteroatoms. The van der Waals surface area contributed by atoms with Crippen LogP contribution in [0.2, 0.25) is 5.28 Å². The average Bonchev–Trinajstić information content (AvgIpc) is 2.24. The molecule has 1 aromatic rings. The Hall–Kier alpha value is -1.08. The quantitative estimate of drug-likeness (QED) is 0.820. The summed E-state index contributed by atoms with van der Waals surface area (Å²) >= 11 is 5.46. The molecule has 0 radical (unpaired) electrons. The Balaban J connectivity index is 2.82. The summed E-state index contributed by atoms with van der Waals surface area (Å²) in [7, 11) is 0. The third-order valence-corrected chi connectivity index (χ3v) is 2.69. The van der Waals surface area contributed by atoms with Crippen LogP contribution in [0.1, 0.15) is 26.0 Å². The number of rotatable bonds is 5. The molecule has 0 saturated heterocycles. The van der Waals surface area contributed by atoms with Gasteiger partial charge in [-0.2, -0.15) is 13.2 Å². The number of alkyl halides is 3. The van der Waals surface area contributed by atoms with E-state index in [1.807, 2.05) is 13.8 Å². The van der Waals surface area contributed by atoms with E-state index in [-0.39, 0.29) is 17.8 Å². The first-order valence-corrected chi connectivity index (χ1v) is 5.98. The summed E-state index contributed by atoms with van der Waals surface area (Å²) in [6.07, 6.45) is -4.05. The van der Waals surface area contributed by atoms with Gasteiger partial charge in [-0.05, 0) is 23.4 Å². The van der Waals surface area contributed by atoms with Gasteiger partial charge in [0.1, 0.15) is 5.82 Å². The lowest BCUT2D eigenvalue weighted by molar-refractivity contribution is -0.141. The lowest BCUT2D eigenvalue weighted by Crippen LogP contribution is -2.25. The minimum atomic E-state index is -4.57. The fourth-order valence-electron chi connectivity index (χ4n) is 1.37. The molecule has 108 valence electrons. The average molecular weight is 298 g/mol. The van der Waals surface area contributed by atoms with Gasteiger partial charge in [0.25, 0.3) is 0 Å². The lowest BCUT2D eigenvalue weighted by atomic mass is 9.90. The van der Waals surface area contributed by atoms with Crippen molar-refractivity contribution in [2.45, 2.75) is 26.4 Å². The molecule has 0 aromatic carbocycles. The third kappa shape index (κ3) is 5.20. The first-order valence-electron chi connectivity index (χ1n) is 5.60. The van der Waals surface area contributed by atoms with Crippen LogP contribution in [-0.2, 0) is 6.18 Å². The van der Waals surface area contributed by atoms with E-state index in [2.05, 4.69) is 15.3 Å². The van der Waals surface area contributed by atoms with Crippen LogP contribution >= 0.6 is 11.6 Å². The van der Waals surface area contributed by atoms with Gasteiger partial charge in [0.05, 0.1) is 0 Å². The number of anilines is 1. The molecule has 1 heterocycles. The van der Waals surface area contributed by atoms with Crippen molar-refractivity contribution >= 4 is 17.4 Å². The van der Waals surface area contributed by atoms with Crippen LogP contribution in [0.5, 0.6) is 0 Å². The van der Waals surface area contributed by atoms with E-state index < -0.39 is 17.2 Å². The highest BCUT2D eigenvalue weighted by Crippen LogP contribution is 2.30. The predicted molar refractivity (Wildman–Crippen MR) is 66.0 cm³/mol. The SMILES string of the molecule is CC(C)(CCO)CNc1cc(C(F)(F)F)nc(Cl)n1. The van der Waals surface area contributed by atoms with E-state index in [1.165, 1.54) is 0 Å². The summed E-state index contributed by atoms with van der Waals surface area (Å²) in [6, 6.07) is 0.806. The van der Waals surface area contributed by atoms with E-state index in [0.29, 0.717) is 13.0 Å². The van der Waals surface area contributed by atoms with Gasteiger partial charge in [0.2, 0.25) is 5.28 Å². The Morgan fingerprint density at radius 1 is 1.32 bits per heavy atom. The molecule has 2 N–H and O–H groups in total. The van der Waals surface area contributed by atoms with Crippen molar-refractivity contribution in [2.75, 3.05) is 18.5 Å². The maximum atomic E-state index is 12.5. The zero-order valence-electron chi connectivity index (χ0n) is 10.6. The van der Waals surface area contributed by atoms with Crippen LogP contribution in [0.3, 0.4) is 0 Å². The Labute approximate surface area is 114 Å². The zero-order chi connectivity index (χ0) is 14.7. The maximum Gasteiger partial charge on any atom is 0.433 e. The number of aliphatic hydroxyl groups excluding tert-OH is 1. The van der Waals surface area contributed by atoms with Gasteiger partial charge in [-0.1, -0.05) is 13.8 Å². The van der Waals surface area contributed by atoms with Crippen molar-refractivity contribution in [3.63, 3.8) is 0 Å². The molecular formula is C11H15ClF3N3O. The number of hydrogen-bond acceptors (Lipinski definition) is 4. The molecular weight excluding hydrogens is 283 g/mol. The number of nitrogens with one attached hydrogen (secondary N) is 1.